The van der Waals surface area contributed by atoms with Crippen LogP contribution in [0.1, 0.15) is 77.7 Å². The fourth-order valence-corrected chi connectivity index (χ4v) is 5.34. The number of carbonyl (C=O) groups is 2. The molecule has 1 aromatic heterocycles. The van der Waals surface area contributed by atoms with Crippen LogP contribution in [0.15, 0.2) is 48.5 Å². The number of aliphatic carboxylic acids is 1. The van der Waals surface area contributed by atoms with E-state index in [4.69, 9.17) is 9.84 Å². The van der Waals surface area contributed by atoms with E-state index in [9.17, 15) is 9.59 Å². The van der Waals surface area contributed by atoms with Gasteiger partial charge in [0.1, 0.15) is 5.75 Å². The molecule has 0 spiro atoms. The highest BCUT2D eigenvalue weighted by atomic mass is 32.1. The smallest absolute Gasteiger partial charge is 0.305 e. The van der Waals surface area contributed by atoms with Crippen LogP contribution in [0.4, 0.5) is 0 Å². The van der Waals surface area contributed by atoms with Gasteiger partial charge in [-0.15, -0.1) is 11.3 Å². The lowest BCUT2D eigenvalue weighted by molar-refractivity contribution is -0.136. The molecular formula is C31H39NO4S. The predicted molar refractivity (Wildman–Crippen MR) is 152 cm³/mol. The van der Waals surface area contributed by atoms with Crippen LogP contribution < -0.4 is 10.1 Å². The largest absolute Gasteiger partial charge is 0.494 e. The number of benzene rings is 2. The second-order valence-corrected chi connectivity index (χ2v) is 11.8. The molecule has 1 heterocycles. The lowest BCUT2D eigenvalue weighted by Crippen LogP contribution is -2.25. The van der Waals surface area contributed by atoms with E-state index in [2.05, 4.69) is 76.3 Å². The van der Waals surface area contributed by atoms with Crippen molar-refractivity contribution in [1.82, 2.24) is 5.32 Å². The standard InChI is InChI=1S/C31H39NO4S/c1-21-19-25(20-22(2)29(21)23-10-12-24(13-11-23)31(3,4)5)36-18-8-6-7-9-26-14-15-27(37-26)30(35)32-17-16-28(33)34/h10-15,19-20H,6-9,16-18H2,1-5H3,(H,32,35)(H,33,34). The average molecular weight is 522 g/mol. The zero-order chi connectivity index (χ0) is 27.0. The monoisotopic (exact) mass is 521 g/mol. The highest BCUT2D eigenvalue weighted by Crippen LogP contribution is 2.33. The fraction of sp³-hybridized carbons (Fsp3) is 0.419. The van der Waals surface area contributed by atoms with Crippen molar-refractivity contribution in [2.24, 2.45) is 0 Å². The minimum Gasteiger partial charge on any atom is -0.494 e. The molecule has 0 saturated carbocycles. The van der Waals surface area contributed by atoms with Crippen molar-refractivity contribution in [3.63, 3.8) is 0 Å². The second kappa shape index (κ2) is 12.9. The molecule has 2 N–H and O–H groups in total. The first kappa shape index (κ1) is 28.5. The summed E-state index contributed by atoms with van der Waals surface area (Å²) in [7, 11) is 0. The maximum atomic E-state index is 12.1. The molecule has 2 aromatic carbocycles. The SMILES string of the molecule is Cc1cc(OCCCCCc2ccc(C(=O)NCCC(=O)O)s2)cc(C)c1-c1ccc(C(C)(C)C)cc1. The van der Waals surface area contributed by atoms with E-state index < -0.39 is 5.97 Å². The number of carboxylic acid groups (broad SMARTS) is 1. The number of ether oxygens (including phenoxy) is 1. The molecular weight excluding hydrogens is 482 g/mol. The molecule has 0 bridgehead atoms. The number of nitrogens with one attached hydrogen (secondary N) is 1. The minimum atomic E-state index is -0.916. The molecule has 1 amide bonds. The number of carbonyl (C=O) groups excluding carboxylic acids is 1. The van der Waals surface area contributed by atoms with E-state index in [0.29, 0.717) is 11.5 Å². The van der Waals surface area contributed by atoms with E-state index >= 15 is 0 Å². The Kier molecular flexibility index (Phi) is 9.93. The first-order valence-electron chi connectivity index (χ1n) is 13.0. The molecule has 0 aliphatic heterocycles. The van der Waals surface area contributed by atoms with Crippen molar-refractivity contribution < 1.29 is 19.4 Å². The van der Waals surface area contributed by atoms with E-state index in [0.717, 1.165) is 31.4 Å². The third-order valence-electron chi connectivity index (χ3n) is 6.39. The van der Waals surface area contributed by atoms with Crippen LogP contribution in [0.5, 0.6) is 5.75 Å². The number of amides is 1. The van der Waals surface area contributed by atoms with Crippen LogP contribution in [-0.2, 0) is 16.6 Å². The van der Waals surface area contributed by atoms with Gasteiger partial charge in [0.15, 0.2) is 0 Å². The van der Waals surface area contributed by atoms with Crippen molar-refractivity contribution in [3.8, 4) is 16.9 Å². The maximum Gasteiger partial charge on any atom is 0.305 e. The van der Waals surface area contributed by atoms with Gasteiger partial charge in [-0.2, -0.15) is 0 Å². The summed E-state index contributed by atoms with van der Waals surface area (Å²) in [4.78, 5) is 24.4. The quantitative estimate of drug-likeness (QED) is 0.245. The number of hydrogen-bond acceptors (Lipinski definition) is 4. The molecule has 0 atom stereocenters. The van der Waals surface area contributed by atoms with Gasteiger partial charge in [0.2, 0.25) is 0 Å². The van der Waals surface area contributed by atoms with Crippen LogP contribution in [-0.4, -0.2) is 30.1 Å². The summed E-state index contributed by atoms with van der Waals surface area (Å²) >= 11 is 1.47. The molecule has 0 radical (unpaired) electrons. The fourth-order valence-electron chi connectivity index (χ4n) is 4.37. The first-order chi connectivity index (χ1) is 17.5. The highest BCUT2D eigenvalue weighted by Gasteiger charge is 2.15. The van der Waals surface area contributed by atoms with Crippen molar-refractivity contribution in [3.05, 3.63) is 75.0 Å². The van der Waals surface area contributed by atoms with Gasteiger partial charge >= 0.3 is 5.97 Å². The van der Waals surface area contributed by atoms with Crippen LogP contribution >= 0.6 is 11.3 Å². The topological polar surface area (TPSA) is 75.6 Å². The molecule has 198 valence electrons. The number of hydrogen-bond donors (Lipinski definition) is 2. The maximum absolute atomic E-state index is 12.1. The number of carboxylic acids is 1. The Labute approximate surface area is 224 Å². The van der Waals surface area contributed by atoms with E-state index in [1.165, 1.54) is 44.0 Å². The molecule has 3 rings (SSSR count). The number of thiophene rings is 1. The average Bonchev–Trinajstić information content (AvgIpc) is 3.29. The lowest BCUT2D eigenvalue weighted by Gasteiger charge is -2.20. The zero-order valence-corrected chi connectivity index (χ0v) is 23.5. The number of aryl methyl sites for hydroxylation is 3. The van der Waals surface area contributed by atoms with Crippen LogP contribution in [0, 0.1) is 13.8 Å². The molecule has 0 aliphatic carbocycles. The molecule has 6 heteroatoms. The Morgan fingerprint density at radius 2 is 1.62 bits per heavy atom. The van der Waals surface area contributed by atoms with Gasteiger partial charge in [0.25, 0.3) is 5.91 Å². The molecule has 0 unspecified atom stereocenters. The van der Waals surface area contributed by atoms with Gasteiger partial charge in [-0.3, -0.25) is 9.59 Å². The highest BCUT2D eigenvalue weighted by molar-refractivity contribution is 7.14. The molecule has 0 fully saturated rings. The summed E-state index contributed by atoms with van der Waals surface area (Å²) in [5, 5.41) is 11.3. The summed E-state index contributed by atoms with van der Waals surface area (Å²) < 4.78 is 6.07. The summed E-state index contributed by atoms with van der Waals surface area (Å²) in [5.74, 6) is -0.202. The Hall–Kier alpha value is -3.12. The van der Waals surface area contributed by atoms with Crippen LogP contribution in [0.3, 0.4) is 0 Å². The Morgan fingerprint density at radius 1 is 0.946 bits per heavy atom. The summed E-state index contributed by atoms with van der Waals surface area (Å²) in [5.41, 5.74) is 6.44. The zero-order valence-electron chi connectivity index (χ0n) is 22.6. The minimum absolute atomic E-state index is 0.0687. The summed E-state index contributed by atoms with van der Waals surface area (Å²) in [6, 6.07) is 17.0. The van der Waals surface area contributed by atoms with Crippen molar-refractivity contribution in [2.75, 3.05) is 13.2 Å². The van der Waals surface area contributed by atoms with Crippen molar-refractivity contribution in [1.29, 1.82) is 0 Å². The third kappa shape index (κ3) is 8.46. The number of unbranched alkanes of at least 4 members (excludes halogenated alkanes) is 2. The van der Waals surface area contributed by atoms with E-state index in [-0.39, 0.29) is 24.3 Å². The van der Waals surface area contributed by atoms with E-state index in [1.54, 1.807) is 0 Å². The molecule has 0 saturated heterocycles. The van der Waals surface area contributed by atoms with Crippen LogP contribution in [0.2, 0.25) is 0 Å². The molecule has 37 heavy (non-hydrogen) atoms. The molecule has 3 aromatic rings. The van der Waals surface area contributed by atoms with Gasteiger partial charge < -0.3 is 15.2 Å². The molecule has 5 nitrogen and oxygen atoms in total. The first-order valence-corrected chi connectivity index (χ1v) is 13.8. The summed E-state index contributed by atoms with van der Waals surface area (Å²) in [6.45, 7) is 11.8. The predicted octanol–water partition coefficient (Wildman–Crippen LogP) is 7.33. The van der Waals surface area contributed by atoms with Gasteiger partial charge in [-0.1, -0.05) is 45.0 Å². The number of rotatable bonds is 12. The normalized spacial score (nSPS) is 11.4. The lowest BCUT2D eigenvalue weighted by atomic mass is 9.85. The van der Waals surface area contributed by atoms with Gasteiger partial charge in [-0.25, -0.2) is 0 Å². The van der Waals surface area contributed by atoms with E-state index in [1.807, 2.05) is 12.1 Å². The van der Waals surface area contributed by atoms with Gasteiger partial charge in [-0.05, 0) is 97.0 Å². The Morgan fingerprint density at radius 3 is 2.24 bits per heavy atom. The summed E-state index contributed by atoms with van der Waals surface area (Å²) in [6.07, 6.45) is 3.91. The Balaban J connectivity index is 1.43. The van der Waals surface area contributed by atoms with Crippen molar-refractivity contribution in [2.45, 2.75) is 72.1 Å². The van der Waals surface area contributed by atoms with Gasteiger partial charge in [0, 0.05) is 11.4 Å². The third-order valence-corrected chi connectivity index (χ3v) is 7.54. The van der Waals surface area contributed by atoms with Crippen LogP contribution in [0.25, 0.3) is 11.1 Å². The van der Waals surface area contributed by atoms with Crippen molar-refractivity contribution >= 4 is 23.2 Å². The second-order valence-electron chi connectivity index (χ2n) is 10.6. The van der Waals surface area contributed by atoms with Gasteiger partial charge in [0.05, 0.1) is 17.9 Å². The molecule has 0 aliphatic rings. The Bertz CT molecular complexity index is 1180.